The first-order chi connectivity index (χ1) is 13.2. The van der Waals surface area contributed by atoms with Crippen LogP contribution in [0.5, 0.6) is 5.75 Å². The van der Waals surface area contributed by atoms with Crippen LogP contribution >= 0.6 is 0 Å². The molecule has 1 aliphatic rings. The number of amides is 1. The molecule has 146 valence electrons. The van der Waals surface area contributed by atoms with Crippen molar-refractivity contribution >= 4 is 5.91 Å². The summed E-state index contributed by atoms with van der Waals surface area (Å²) >= 11 is 0. The van der Waals surface area contributed by atoms with Gasteiger partial charge in [-0.1, -0.05) is 38.5 Å². The summed E-state index contributed by atoms with van der Waals surface area (Å²) in [5, 5.41) is 11.5. The van der Waals surface area contributed by atoms with E-state index in [0.717, 1.165) is 44.2 Å². The van der Waals surface area contributed by atoms with Crippen LogP contribution in [0, 0.1) is 5.92 Å². The van der Waals surface area contributed by atoms with E-state index in [4.69, 9.17) is 4.74 Å². The van der Waals surface area contributed by atoms with Gasteiger partial charge in [0.1, 0.15) is 11.6 Å². The minimum absolute atomic E-state index is 0.00626. The van der Waals surface area contributed by atoms with E-state index in [2.05, 4.69) is 38.8 Å². The molecule has 0 fully saturated rings. The number of ether oxygens (including phenoxy) is 1. The van der Waals surface area contributed by atoms with Crippen LogP contribution in [0.15, 0.2) is 30.3 Å². The number of fused-ring (bicyclic) bond motifs is 1. The molecular weight excluding hydrogens is 342 g/mol. The fourth-order valence-corrected chi connectivity index (χ4v) is 3.20. The predicted molar refractivity (Wildman–Crippen MR) is 103 cm³/mol. The van der Waals surface area contributed by atoms with E-state index in [1.807, 2.05) is 30.3 Å². The van der Waals surface area contributed by atoms with Crippen LogP contribution < -0.4 is 10.1 Å². The monoisotopic (exact) mass is 371 g/mol. The first-order valence-electron chi connectivity index (χ1n) is 9.73. The molecule has 7 heteroatoms. The lowest BCUT2D eigenvalue weighted by molar-refractivity contribution is -0.123. The summed E-state index contributed by atoms with van der Waals surface area (Å²) < 4.78 is 7.62. The third-order valence-electron chi connectivity index (χ3n) is 5.02. The summed E-state index contributed by atoms with van der Waals surface area (Å²) in [7, 11) is 0. The third-order valence-corrected chi connectivity index (χ3v) is 5.02. The highest BCUT2D eigenvalue weighted by molar-refractivity contribution is 5.77. The molecule has 0 spiro atoms. The van der Waals surface area contributed by atoms with Crippen LogP contribution in [0.3, 0.4) is 0 Å². The van der Waals surface area contributed by atoms with E-state index in [1.165, 1.54) is 6.42 Å². The zero-order valence-corrected chi connectivity index (χ0v) is 16.2. The Bertz CT molecular complexity index is 731. The van der Waals surface area contributed by atoms with E-state index in [-0.39, 0.29) is 12.5 Å². The Hall–Kier alpha value is -2.41. The molecule has 0 saturated heterocycles. The number of carbonyl (C=O) groups excluding carboxylic acids is 1. The molecule has 0 unspecified atom stereocenters. The van der Waals surface area contributed by atoms with E-state index in [9.17, 15) is 4.79 Å². The normalized spacial score (nSPS) is 15.6. The Balaban J connectivity index is 1.48. The van der Waals surface area contributed by atoms with Crippen molar-refractivity contribution < 1.29 is 9.53 Å². The molecule has 2 aromatic rings. The van der Waals surface area contributed by atoms with Gasteiger partial charge in [-0.25, -0.2) is 0 Å². The van der Waals surface area contributed by atoms with Crippen molar-refractivity contribution in [1.82, 2.24) is 25.0 Å². The summed E-state index contributed by atoms with van der Waals surface area (Å²) in [4.78, 5) is 14.6. The van der Waals surface area contributed by atoms with Gasteiger partial charge < -0.3 is 19.5 Å². The minimum Gasteiger partial charge on any atom is -0.484 e. The molecule has 27 heavy (non-hydrogen) atoms. The van der Waals surface area contributed by atoms with E-state index in [0.29, 0.717) is 18.2 Å². The number of hydrogen-bond donors (Lipinski definition) is 1. The number of hydrogen-bond acceptors (Lipinski definition) is 5. The Morgan fingerprint density at radius 3 is 2.81 bits per heavy atom. The van der Waals surface area contributed by atoms with Gasteiger partial charge in [0.15, 0.2) is 12.4 Å². The zero-order chi connectivity index (χ0) is 19.1. The van der Waals surface area contributed by atoms with E-state index < -0.39 is 0 Å². The van der Waals surface area contributed by atoms with Gasteiger partial charge in [0.05, 0.1) is 6.54 Å². The van der Waals surface area contributed by atoms with Crippen LogP contribution in [0.4, 0.5) is 0 Å². The number of rotatable bonds is 8. The lowest BCUT2D eigenvalue weighted by Gasteiger charge is -2.22. The smallest absolute Gasteiger partial charge is 0.258 e. The summed E-state index contributed by atoms with van der Waals surface area (Å²) in [6.07, 6.45) is 2.10. The molecule has 0 saturated carbocycles. The Morgan fingerprint density at radius 2 is 2.04 bits per heavy atom. The van der Waals surface area contributed by atoms with Crippen molar-refractivity contribution in [2.24, 2.45) is 5.92 Å². The average Bonchev–Trinajstić information content (AvgIpc) is 2.98. The molecule has 0 radical (unpaired) electrons. The maximum atomic E-state index is 12.1. The Kier molecular flexibility index (Phi) is 6.81. The lowest BCUT2D eigenvalue weighted by Crippen LogP contribution is -2.32. The maximum absolute atomic E-state index is 12.1. The van der Waals surface area contributed by atoms with E-state index >= 15 is 0 Å². The van der Waals surface area contributed by atoms with Gasteiger partial charge in [-0.05, 0) is 18.1 Å². The quantitative estimate of drug-likeness (QED) is 0.767. The summed E-state index contributed by atoms with van der Waals surface area (Å²) in [5.74, 6) is 3.04. The predicted octanol–water partition coefficient (Wildman–Crippen LogP) is 1.88. The molecule has 7 nitrogen and oxygen atoms in total. The average molecular weight is 371 g/mol. The number of aromatic nitrogens is 3. The van der Waals surface area contributed by atoms with Crippen LogP contribution in [0.1, 0.15) is 31.9 Å². The standard InChI is InChI=1S/C20H29N5O2/c1-3-16(2)14-24-10-9-18-22-23-19(25(18)12-11-24)13-21-20(26)15-27-17-7-5-4-6-8-17/h4-8,16H,3,9-15H2,1-2H3,(H,21,26)/t16-/m0/s1. The molecule has 1 aliphatic heterocycles. The topological polar surface area (TPSA) is 72.3 Å². The van der Waals surface area contributed by atoms with Crippen molar-refractivity contribution in [2.45, 2.75) is 39.8 Å². The van der Waals surface area contributed by atoms with Gasteiger partial charge in [-0.3, -0.25) is 4.79 Å². The van der Waals surface area contributed by atoms with Gasteiger partial charge in [0.2, 0.25) is 0 Å². The zero-order valence-electron chi connectivity index (χ0n) is 16.2. The van der Waals surface area contributed by atoms with Crippen LogP contribution in [0.2, 0.25) is 0 Å². The molecule has 0 bridgehead atoms. The van der Waals surface area contributed by atoms with Gasteiger partial charge in [-0.15, -0.1) is 10.2 Å². The molecule has 1 aromatic heterocycles. The number of nitrogens with zero attached hydrogens (tertiary/aromatic N) is 4. The SMILES string of the molecule is CC[C@H](C)CN1CCc2nnc(CNC(=O)COc3ccccc3)n2CC1. The molecule has 1 amide bonds. The van der Waals surface area contributed by atoms with Crippen LogP contribution in [-0.4, -0.2) is 51.8 Å². The molecule has 1 N–H and O–H groups in total. The molecular formula is C20H29N5O2. The minimum atomic E-state index is -0.164. The van der Waals surface area contributed by atoms with Crippen molar-refractivity contribution in [3.05, 3.63) is 42.0 Å². The van der Waals surface area contributed by atoms with Crippen molar-refractivity contribution in [3.8, 4) is 5.75 Å². The summed E-state index contributed by atoms with van der Waals surface area (Å²) in [5.41, 5.74) is 0. The van der Waals surface area contributed by atoms with Crippen LogP contribution in [-0.2, 0) is 24.3 Å². The van der Waals surface area contributed by atoms with Crippen molar-refractivity contribution in [3.63, 3.8) is 0 Å². The first-order valence-corrected chi connectivity index (χ1v) is 9.73. The highest BCUT2D eigenvalue weighted by atomic mass is 16.5. The summed E-state index contributed by atoms with van der Waals surface area (Å²) in [6, 6.07) is 9.33. The second-order valence-electron chi connectivity index (χ2n) is 7.13. The molecule has 3 rings (SSSR count). The number of benzene rings is 1. The summed E-state index contributed by atoms with van der Waals surface area (Å²) in [6.45, 7) is 8.89. The highest BCUT2D eigenvalue weighted by Gasteiger charge is 2.19. The second-order valence-corrected chi connectivity index (χ2v) is 7.13. The molecule has 0 aliphatic carbocycles. The number of carbonyl (C=O) groups is 1. The molecule has 1 aromatic carbocycles. The highest BCUT2D eigenvalue weighted by Crippen LogP contribution is 2.12. The number of para-hydroxylation sites is 1. The largest absolute Gasteiger partial charge is 0.484 e. The van der Waals surface area contributed by atoms with Crippen molar-refractivity contribution in [1.29, 1.82) is 0 Å². The van der Waals surface area contributed by atoms with Crippen molar-refractivity contribution in [2.75, 3.05) is 26.2 Å². The van der Waals surface area contributed by atoms with Gasteiger partial charge in [0, 0.05) is 32.6 Å². The first kappa shape index (κ1) is 19.4. The van der Waals surface area contributed by atoms with E-state index in [1.54, 1.807) is 0 Å². The van der Waals surface area contributed by atoms with Gasteiger partial charge in [0.25, 0.3) is 5.91 Å². The molecule has 2 heterocycles. The molecule has 1 atom stereocenters. The fourth-order valence-electron chi connectivity index (χ4n) is 3.20. The second kappa shape index (κ2) is 9.50. The van der Waals surface area contributed by atoms with Crippen LogP contribution in [0.25, 0.3) is 0 Å². The van der Waals surface area contributed by atoms with Gasteiger partial charge in [-0.2, -0.15) is 0 Å². The fraction of sp³-hybridized carbons (Fsp3) is 0.550. The number of nitrogens with one attached hydrogen (secondary N) is 1. The Morgan fingerprint density at radius 1 is 1.22 bits per heavy atom. The lowest BCUT2D eigenvalue weighted by atomic mass is 10.1. The maximum Gasteiger partial charge on any atom is 0.258 e. The Labute approximate surface area is 160 Å². The van der Waals surface area contributed by atoms with Gasteiger partial charge >= 0.3 is 0 Å². The third kappa shape index (κ3) is 5.53.